The van der Waals surface area contributed by atoms with E-state index in [1.807, 2.05) is 24.3 Å². The lowest BCUT2D eigenvalue weighted by atomic mass is 9.81. The van der Waals surface area contributed by atoms with Gasteiger partial charge in [0.2, 0.25) is 0 Å². The van der Waals surface area contributed by atoms with Gasteiger partial charge in [-0.1, -0.05) is 313 Å². The Hall–Kier alpha value is -15.0. The van der Waals surface area contributed by atoms with Crippen LogP contribution in [-0.2, 0) is 10.8 Å². The fourth-order valence-electron chi connectivity index (χ4n) is 19.0. The molecule has 0 N–H and O–H groups in total. The number of hydrogen-bond acceptors (Lipinski definition) is 4. The number of benzene rings is 18. The van der Waals surface area contributed by atoms with E-state index < -0.39 is 0 Å². The lowest BCUT2D eigenvalue weighted by molar-refractivity contribution is 0.660. The van der Waals surface area contributed by atoms with Crippen LogP contribution in [-0.4, -0.2) is 4.57 Å². The third-order valence-corrected chi connectivity index (χ3v) is 25.1. The van der Waals surface area contributed by atoms with Gasteiger partial charge in [-0.3, -0.25) is 0 Å². The van der Waals surface area contributed by atoms with Crippen LogP contribution in [0.4, 0.5) is 34.1 Å². The third kappa shape index (κ3) is 12.1. The first-order chi connectivity index (χ1) is 58.5. The summed E-state index contributed by atoms with van der Waals surface area (Å²) in [4.78, 5) is 4.79. The molecule has 0 saturated heterocycles. The smallest absolute Gasteiger partial charge is 0.143 e. The molecule has 18 aromatic carbocycles. The molecular weight excluding hydrogens is 1440 g/mol. The van der Waals surface area contributed by atoms with Crippen LogP contribution < -0.4 is 9.80 Å². The largest absolute Gasteiger partial charge is 0.456 e. The highest BCUT2D eigenvalue weighted by atomic mass is 16.3. The summed E-state index contributed by atoms with van der Waals surface area (Å²) in [6.07, 6.45) is 0. The van der Waals surface area contributed by atoms with E-state index in [9.17, 15) is 0 Å². The Bertz CT molecular complexity index is 7480. The molecule has 5 nitrogen and oxygen atoms in total. The molecule has 0 saturated carbocycles. The van der Waals surface area contributed by atoms with Gasteiger partial charge >= 0.3 is 0 Å². The lowest BCUT2D eigenvalue weighted by Crippen LogP contribution is -2.16. The van der Waals surface area contributed by atoms with Crippen molar-refractivity contribution in [3.05, 3.63) is 441 Å². The third-order valence-electron chi connectivity index (χ3n) is 25.1. The lowest BCUT2D eigenvalue weighted by Gasteiger charge is -2.28. The molecule has 3 heterocycles. The maximum atomic E-state index is 6.45. The van der Waals surface area contributed by atoms with Crippen LogP contribution in [0.2, 0.25) is 0 Å². The number of furan rings is 2. The Labute approximate surface area is 692 Å². The predicted octanol–water partition coefficient (Wildman–Crippen LogP) is 31.8. The molecule has 0 spiro atoms. The zero-order valence-electron chi connectivity index (χ0n) is 66.5. The Morgan fingerprint density at radius 2 is 0.555 bits per heavy atom. The van der Waals surface area contributed by atoms with Gasteiger partial charge in [-0.2, -0.15) is 0 Å². The molecule has 0 unspecified atom stereocenters. The zero-order valence-corrected chi connectivity index (χ0v) is 66.5. The van der Waals surface area contributed by atoms with Crippen molar-refractivity contribution in [1.29, 1.82) is 0 Å². The molecule has 21 aromatic rings. The van der Waals surface area contributed by atoms with E-state index in [4.69, 9.17) is 8.83 Å². The maximum absolute atomic E-state index is 6.45. The zero-order chi connectivity index (χ0) is 79.5. The Morgan fingerprint density at radius 1 is 0.202 bits per heavy atom. The van der Waals surface area contributed by atoms with Gasteiger partial charge in [0.05, 0.1) is 11.0 Å². The van der Waals surface area contributed by atoms with Gasteiger partial charge in [-0.25, -0.2) is 0 Å². The summed E-state index contributed by atoms with van der Waals surface area (Å²) in [5.41, 5.74) is 38.4. The van der Waals surface area contributed by atoms with Crippen molar-refractivity contribution >= 4 is 99.8 Å². The number of hydrogen-bond donors (Lipinski definition) is 0. The highest BCUT2D eigenvalue weighted by Gasteiger charge is 2.38. The highest BCUT2D eigenvalue weighted by Crippen LogP contribution is 2.54. The fraction of sp³-hybridized carbons (Fsp3) is 0.0526. The first kappa shape index (κ1) is 70.6. The molecule has 3 aromatic heterocycles. The van der Waals surface area contributed by atoms with Gasteiger partial charge in [-0.15, -0.1) is 0 Å². The standard InChI is InChI=1S/C57H40N2O.C57H41NO/c1-57(2)51-20-9-6-15-45(51)46-33-32-43(36-52(46)57)58(42-30-25-38(26-31-42)44-18-12-19-49-48-17-8-11-22-55(48)60-56(44)49)41-28-23-37(24-29-41)39-27-34-54-50(35-39)47-16-7-10-21-53(47)59(54)40-13-4-3-5-14-40;1-57(2)53-35-44(39-13-7-4-8-14-39)25-32-49(53)50-34-31-48(37-54(50)57)58(46-27-21-42(22-28-46)41-19-17-40(18-20-41)38-11-5-3-6-12-38)47-29-23-43(24-30-47)45-26-33-52-51-15-9-10-16-55(51)59-56(52)36-45/h3-36H,1-2H3;3-37H,1-2H3. The molecule has 0 fully saturated rings. The molecule has 0 amide bonds. The van der Waals surface area contributed by atoms with Crippen LogP contribution in [0.15, 0.2) is 427 Å². The minimum Gasteiger partial charge on any atom is -0.456 e. The molecule has 0 aliphatic heterocycles. The number of anilines is 6. The van der Waals surface area contributed by atoms with E-state index in [0.717, 1.165) is 100 Å². The average Bonchev–Trinajstić information content (AvgIpc) is 1.58. The molecule has 23 rings (SSSR count). The van der Waals surface area contributed by atoms with Crippen molar-refractivity contribution in [2.45, 2.75) is 38.5 Å². The summed E-state index contributed by atoms with van der Waals surface area (Å²) < 4.78 is 15.1. The highest BCUT2D eigenvalue weighted by molar-refractivity contribution is 6.12. The summed E-state index contributed by atoms with van der Waals surface area (Å²) in [5.74, 6) is 0. The second-order valence-corrected chi connectivity index (χ2v) is 32.7. The van der Waals surface area contributed by atoms with E-state index in [1.165, 1.54) is 117 Å². The molecule has 2 aliphatic rings. The first-order valence-electron chi connectivity index (χ1n) is 41.2. The van der Waals surface area contributed by atoms with E-state index in [2.05, 4.69) is 436 Å². The maximum Gasteiger partial charge on any atom is 0.143 e. The number of aromatic nitrogens is 1. The van der Waals surface area contributed by atoms with Crippen molar-refractivity contribution < 1.29 is 8.83 Å². The number of fused-ring (bicyclic) bond motifs is 15. The normalized spacial score (nSPS) is 12.8. The van der Waals surface area contributed by atoms with Crippen molar-refractivity contribution in [3.63, 3.8) is 0 Å². The fourth-order valence-corrected chi connectivity index (χ4v) is 19.0. The van der Waals surface area contributed by atoms with Gasteiger partial charge in [0.15, 0.2) is 0 Å². The van der Waals surface area contributed by atoms with Crippen molar-refractivity contribution in [2.75, 3.05) is 9.80 Å². The van der Waals surface area contributed by atoms with Crippen LogP contribution in [0.1, 0.15) is 49.9 Å². The van der Waals surface area contributed by atoms with Crippen molar-refractivity contribution in [3.8, 4) is 94.7 Å². The Kier molecular flexibility index (Phi) is 16.9. The van der Waals surface area contributed by atoms with E-state index in [0.29, 0.717) is 0 Å². The SMILES string of the molecule is CC1(C)c2cc(-c3ccccc3)ccc2-c2ccc(N(c3ccc(-c4ccc(-c5ccccc5)cc4)cc3)c3ccc(-c4ccc5c(c4)oc4ccccc45)cc3)cc21.CC1(C)c2ccccc2-c2ccc(N(c3ccc(-c4ccc5c(c4)c4ccccc4n5-c4ccccc4)cc3)c3ccc(-c4cccc5c4oc4ccccc45)cc3)cc21. The van der Waals surface area contributed by atoms with Gasteiger partial charge in [-0.05, 0) is 239 Å². The van der Waals surface area contributed by atoms with Crippen molar-refractivity contribution in [2.24, 2.45) is 0 Å². The minimum atomic E-state index is -0.175. The van der Waals surface area contributed by atoms with Gasteiger partial charge in [0, 0.05) is 88.5 Å². The number of para-hydroxylation sites is 5. The van der Waals surface area contributed by atoms with Gasteiger partial charge in [0.1, 0.15) is 22.3 Å². The summed E-state index contributed by atoms with van der Waals surface area (Å²) in [7, 11) is 0. The van der Waals surface area contributed by atoms with E-state index in [1.54, 1.807) is 0 Å². The molecule has 0 atom stereocenters. The second-order valence-electron chi connectivity index (χ2n) is 32.7. The van der Waals surface area contributed by atoms with Gasteiger partial charge < -0.3 is 23.2 Å². The Balaban J connectivity index is 0.000000143. The molecular formula is C114H81N3O2. The number of nitrogens with zero attached hydrogens (tertiary/aromatic N) is 3. The Morgan fingerprint density at radius 3 is 1.14 bits per heavy atom. The van der Waals surface area contributed by atoms with Crippen LogP contribution in [0, 0.1) is 0 Å². The van der Waals surface area contributed by atoms with Gasteiger partial charge in [0.25, 0.3) is 0 Å². The summed E-state index contributed by atoms with van der Waals surface area (Å²) in [6.45, 7) is 9.43. The predicted molar refractivity (Wildman–Crippen MR) is 499 cm³/mol. The van der Waals surface area contributed by atoms with E-state index >= 15 is 0 Å². The molecule has 564 valence electrons. The monoisotopic (exact) mass is 1520 g/mol. The minimum absolute atomic E-state index is 0.116. The molecule has 5 heteroatoms. The van der Waals surface area contributed by atoms with Crippen molar-refractivity contribution in [1.82, 2.24) is 4.57 Å². The summed E-state index contributed by atoms with van der Waals surface area (Å²) in [5, 5.41) is 7.06. The topological polar surface area (TPSA) is 37.7 Å². The van der Waals surface area contributed by atoms with Crippen LogP contribution in [0.3, 0.4) is 0 Å². The quantitative estimate of drug-likeness (QED) is 0.115. The van der Waals surface area contributed by atoms with Crippen LogP contribution in [0.25, 0.3) is 160 Å². The molecule has 119 heavy (non-hydrogen) atoms. The second kappa shape index (κ2) is 28.5. The molecule has 0 bridgehead atoms. The van der Waals surface area contributed by atoms with E-state index in [-0.39, 0.29) is 10.8 Å². The first-order valence-corrected chi connectivity index (χ1v) is 41.2. The number of rotatable bonds is 13. The molecule has 0 radical (unpaired) electrons. The summed E-state index contributed by atoms with van der Waals surface area (Å²) in [6, 6.07) is 152. The summed E-state index contributed by atoms with van der Waals surface area (Å²) >= 11 is 0. The van der Waals surface area contributed by atoms with Crippen LogP contribution in [0.5, 0.6) is 0 Å². The average molecular weight is 1520 g/mol. The molecule has 2 aliphatic carbocycles. The van der Waals surface area contributed by atoms with Crippen LogP contribution >= 0.6 is 0 Å².